The molecule has 0 saturated carbocycles. The third-order valence-electron chi connectivity index (χ3n) is 3.23. The van der Waals surface area contributed by atoms with E-state index in [2.05, 4.69) is 5.32 Å². The van der Waals surface area contributed by atoms with Crippen molar-refractivity contribution >= 4 is 23.2 Å². The maximum atomic E-state index is 13.8. The van der Waals surface area contributed by atoms with E-state index in [-0.39, 0.29) is 16.5 Å². The van der Waals surface area contributed by atoms with E-state index in [1.54, 1.807) is 13.1 Å². The molecule has 6 heteroatoms. The predicted molar refractivity (Wildman–Crippen MR) is 78.3 cm³/mol. The number of hydrogen-bond donors (Lipinski definition) is 1. The first-order valence-corrected chi connectivity index (χ1v) is 6.94. The van der Waals surface area contributed by atoms with Gasteiger partial charge in [-0.2, -0.15) is 0 Å². The second-order valence-corrected chi connectivity index (χ2v) is 5.35. The lowest BCUT2D eigenvalue weighted by molar-refractivity contribution is 0.499. The Balaban J connectivity index is 2.39. The van der Waals surface area contributed by atoms with Crippen LogP contribution in [0.1, 0.15) is 17.2 Å². The van der Waals surface area contributed by atoms with Gasteiger partial charge in [0.25, 0.3) is 0 Å². The molecule has 1 nitrogen and oxygen atoms in total. The highest BCUT2D eigenvalue weighted by Crippen LogP contribution is 2.30. The molecule has 0 aliphatic heterocycles. The summed E-state index contributed by atoms with van der Waals surface area (Å²) in [6.45, 7) is 0. The van der Waals surface area contributed by atoms with Gasteiger partial charge in [-0.3, -0.25) is 0 Å². The van der Waals surface area contributed by atoms with E-state index in [9.17, 15) is 13.2 Å². The number of likely N-dealkylation sites (N-methyl/N-ethyl adjacent to an activating group) is 1. The van der Waals surface area contributed by atoms with Crippen LogP contribution < -0.4 is 5.32 Å². The second-order valence-electron chi connectivity index (χ2n) is 4.53. The third-order valence-corrected chi connectivity index (χ3v) is 3.91. The second kappa shape index (κ2) is 6.69. The first kappa shape index (κ1) is 16.1. The van der Waals surface area contributed by atoms with Crippen LogP contribution in [0, 0.1) is 17.5 Å². The van der Waals surface area contributed by atoms with Gasteiger partial charge in [0, 0.05) is 21.7 Å². The molecule has 1 unspecified atom stereocenters. The molecule has 0 amide bonds. The normalized spacial score (nSPS) is 12.5. The van der Waals surface area contributed by atoms with Gasteiger partial charge in [-0.05, 0) is 43.3 Å². The minimum Gasteiger partial charge on any atom is -0.313 e. The standard InChI is InChI=1S/C15H12Cl2F3N/c1-21-15(6-8-10(16)3-2-4-12(8)18)9-5-13(19)14(20)7-11(9)17/h2-5,7,15,21H,6H2,1H3. The molecule has 0 aliphatic rings. The molecule has 0 fully saturated rings. The summed E-state index contributed by atoms with van der Waals surface area (Å²) >= 11 is 11.9. The highest BCUT2D eigenvalue weighted by molar-refractivity contribution is 6.31. The molecule has 112 valence electrons. The van der Waals surface area contributed by atoms with E-state index in [0.717, 1.165) is 12.1 Å². The Labute approximate surface area is 130 Å². The highest BCUT2D eigenvalue weighted by Gasteiger charge is 2.19. The van der Waals surface area contributed by atoms with E-state index in [1.165, 1.54) is 12.1 Å². The summed E-state index contributed by atoms with van der Waals surface area (Å²) in [6, 6.07) is 5.77. The molecule has 0 radical (unpaired) electrons. The molecule has 0 spiro atoms. The molecule has 1 atom stereocenters. The minimum absolute atomic E-state index is 0.0701. The van der Waals surface area contributed by atoms with Gasteiger partial charge in [-0.25, -0.2) is 13.2 Å². The molecule has 2 aromatic carbocycles. The van der Waals surface area contributed by atoms with Gasteiger partial charge in [0.05, 0.1) is 0 Å². The Hall–Kier alpha value is -1.23. The summed E-state index contributed by atoms with van der Waals surface area (Å²) in [5.74, 6) is -2.49. The van der Waals surface area contributed by atoms with Gasteiger partial charge in [-0.1, -0.05) is 29.3 Å². The van der Waals surface area contributed by atoms with E-state index in [1.807, 2.05) is 0 Å². The van der Waals surface area contributed by atoms with Crippen molar-refractivity contribution in [3.05, 3.63) is 69.0 Å². The molecule has 1 N–H and O–H groups in total. The van der Waals surface area contributed by atoms with E-state index < -0.39 is 23.5 Å². The molecule has 0 aliphatic carbocycles. The molecule has 0 heterocycles. The summed E-state index contributed by atoms with van der Waals surface area (Å²) < 4.78 is 40.3. The number of hydrogen-bond acceptors (Lipinski definition) is 1. The van der Waals surface area contributed by atoms with Crippen LogP contribution in [0.3, 0.4) is 0 Å². The Morgan fingerprint density at radius 3 is 2.29 bits per heavy atom. The smallest absolute Gasteiger partial charge is 0.160 e. The van der Waals surface area contributed by atoms with Crippen molar-refractivity contribution in [2.45, 2.75) is 12.5 Å². The average Bonchev–Trinajstić information content (AvgIpc) is 2.43. The summed E-state index contributed by atoms with van der Waals surface area (Å²) in [5.41, 5.74) is 0.636. The van der Waals surface area contributed by atoms with Crippen molar-refractivity contribution in [1.82, 2.24) is 5.32 Å². The van der Waals surface area contributed by atoms with E-state index >= 15 is 0 Å². The van der Waals surface area contributed by atoms with Crippen LogP contribution in [0.15, 0.2) is 30.3 Å². The van der Waals surface area contributed by atoms with Crippen molar-refractivity contribution in [1.29, 1.82) is 0 Å². The maximum Gasteiger partial charge on any atom is 0.160 e. The van der Waals surface area contributed by atoms with Gasteiger partial charge >= 0.3 is 0 Å². The summed E-state index contributed by atoms with van der Waals surface area (Å²) in [6.07, 6.45) is 0.160. The first-order valence-electron chi connectivity index (χ1n) is 6.18. The van der Waals surface area contributed by atoms with Crippen LogP contribution in [0.5, 0.6) is 0 Å². The first-order chi connectivity index (χ1) is 9.93. The third kappa shape index (κ3) is 3.51. The van der Waals surface area contributed by atoms with E-state index in [4.69, 9.17) is 23.2 Å². The summed E-state index contributed by atoms with van der Waals surface area (Å²) in [4.78, 5) is 0. The molecule has 0 bridgehead atoms. The van der Waals surface area contributed by atoms with Crippen molar-refractivity contribution < 1.29 is 13.2 Å². The highest BCUT2D eigenvalue weighted by atomic mass is 35.5. The van der Waals surface area contributed by atoms with Gasteiger partial charge in [0.1, 0.15) is 5.82 Å². The van der Waals surface area contributed by atoms with Crippen LogP contribution in [-0.2, 0) is 6.42 Å². The lowest BCUT2D eigenvalue weighted by Crippen LogP contribution is -2.20. The van der Waals surface area contributed by atoms with Gasteiger partial charge < -0.3 is 5.32 Å². The fourth-order valence-corrected chi connectivity index (χ4v) is 2.63. The fourth-order valence-electron chi connectivity index (χ4n) is 2.10. The lowest BCUT2D eigenvalue weighted by atomic mass is 9.98. The predicted octanol–water partition coefficient (Wildman–Crippen LogP) is 4.91. The van der Waals surface area contributed by atoms with Crippen molar-refractivity contribution in [3.63, 3.8) is 0 Å². The largest absolute Gasteiger partial charge is 0.313 e. The monoisotopic (exact) mass is 333 g/mol. The molecule has 2 rings (SSSR count). The Morgan fingerprint density at radius 1 is 1.00 bits per heavy atom. The SMILES string of the molecule is CNC(Cc1c(F)cccc1Cl)c1cc(F)c(F)cc1Cl. The quantitative estimate of drug-likeness (QED) is 0.783. The molecule has 0 saturated heterocycles. The topological polar surface area (TPSA) is 12.0 Å². The molecule has 21 heavy (non-hydrogen) atoms. The Kier molecular flexibility index (Phi) is 5.14. The summed E-state index contributed by atoms with van der Waals surface area (Å²) in [7, 11) is 1.62. The average molecular weight is 334 g/mol. The zero-order chi connectivity index (χ0) is 15.6. The zero-order valence-corrected chi connectivity index (χ0v) is 12.6. The minimum atomic E-state index is -1.03. The van der Waals surface area contributed by atoms with Crippen molar-refractivity contribution in [2.24, 2.45) is 0 Å². The van der Waals surface area contributed by atoms with Crippen LogP contribution in [0.25, 0.3) is 0 Å². The number of rotatable bonds is 4. The van der Waals surface area contributed by atoms with Gasteiger partial charge in [0.15, 0.2) is 11.6 Å². The number of halogens is 5. The van der Waals surface area contributed by atoms with Crippen LogP contribution in [0.2, 0.25) is 10.0 Å². The van der Waals surface area contributed by atoms with Crippen LogP contribution in [-0.4, -0.2) is 7.05 Å². The Bertz CT molecular complexity index is 641. The van der Waals surface area contributed by atoms with Gasteiger partial charge in [-0.15, -0.1) is 0 Å². The van der Waals surface area contributed by atoms with E-state index in [0.29, 0.717) is 11.1 Å². The molecule has 0 aromatic heterocycles. The molecule has 2 aromatic rings. The zero-order valence-electron chi connectivity index (χ0n) is 11.1. The molecular formula is C15H12Cl2F3N. The number of benzene rings is 2. The fraction of sp³-hybridized carbons (Fsp3) is 0.200. The Morgan fingerprint density at radius 2 is 1.67 bits per heavy atom. The van der Waals surface area contributed by atoms with Crippen LogP contribution >= 0.6 is 23.2 Å². The summed E-state index contributed by atoms with van der Waals surface area (Å²) in [5, 5.41) is 3.25. The maximum absolute atomic E-state index is 13.8. The lowest BCUT2D eigenvalue weighted by Gasteiger charge is -2.19. The van der Waals surface area contributed by atoms with Gasteiger partial charge in [0.2, 0.25) is 0 Å². The molecular weight excluding hydrogens is 322 g/mol. The van der Waals surface area contributed by atoms with Crippen LogP contribution in [0.4, 0.5) is 13.2 Å². The van der Waals surface area contributed by atoms with Crippen molar-refractivity contribution in [2.75, 3.05) is 7.05 Å². The number of nitrogens with one attached hydrogen (secondary N) is 1. The van der Waals surface area contributed by atoms with Crippen molar-refractivity contribution in [3.8, 4) is 0 Å².